The summed E-state index contributed by atoms with van der Waals surface area (Å²) in [6.45, 7) is 2.78. The van der Waals surface area contributed by atoms with Crippen molar-refractivity contribution in [3.63, 3.8) is 0 Å². The molecule has 0 bridgehead atoms. The normalized spacial score (nSPS) is 11.4. The molecule has 0 fully saturated rings. The van der Waals surface area contributed by atoms with Crippen molar-refractivity contribution in [3.8, 4) is 5.75 Å². The molecule has 0 aliphatic carbocycles. The van der Waals surface area contributed by atoms with Crippen molar-refractivity contribution in [1.29, 1.82) is 0 Å². The SMILES string of the molecule is CCOCCCC(=O)c1ccccc1OC(F)(F)F. The molecule has 0 saturated heterocycles. The van der Waals surface area contributed by atoms with E-state index in [2.05, 4.69) is 4.74 Å². The van der Waals surface area contributed by atoms with Gasteiger partial charge in [0.15, 0.2) is 5.78 Å². The highest BCUT2D eigenvalue weighted by molar-refractivity contribution is 5.98. The first-order valence-corrected chi connectivity index (χ1v) is 5.89. The number of rotatable bonds is 7. The van der Waals surface area contributed by atoms with Crippen molar-refractivity contribution in [2.45, 2.75) is 26.1 Å². The topological polar surface area (TPSA) is 35.5 Å². The van der Waals surface area contributed by atoms with Crippen molar-refractivity contribution in [3.05, 3.63) is 29.8 Å². The van der Waals surface area contributed by atoms with Crippen LogP contribution in [0.1, 0.15) is 30.1 Å². The van der Waals surface area contributed by atoms with Crippen molar-refractivity contribution in [1.82, 2.24) is 0 Å². The average Bonchev–Trinajstić information content (AvgIpc) is 2.33. The Labute approximate surface area is 109 Å². The fraction of sp³-hybridized carbons (Fsp3) is 0.462. The predicted molar refractivity (Wildman–Crippen MR) is 63.2 cm³/mol. The first kappa shape index (κ1) is 15.5. The summed E-state index contributed by atoms with van der Waals surface area (Å²) >= 11 is 0. The van der Waals surface area contributed by atoms with Gasteiger partial charge in [-0.1, -0.05) is 12.1 Å². The van der Waals surface area contributed by atoms with E-state index in [0.29, 0.717) is 19.6 Å². The second-order valence-electron chi connectivity index (χ2n) is 3.77. The molecule has 1 aromatic carbocycles. The molecule has 106 valence electrons. The Balaban J connectivity index is 2.68. The van der Waals surface area contributed by atoms with Gasteiger partial charge in [0.1, 0.15) is 5.75 Å². The summed E-state index contributed by atoms with van der Waals surface area (Å²) in [7, 11) is 0. The summed E-state index contributed by atoms with van der Waals surface area (Å²) < 4.78 is 45.4. The molecule has 0 N–H and O–H groups in total. The number of hydrogen-bond donors (Lipinski definition) is 0. The molecule has 0 aromatic heterocycles. The number of carbonyl (C=O) groups excluding carboxylic acids is 1. The van der Waals surface area contributed by atoms with Gasteiger partial charge in [0.05, 0.1) is 5.56 Å². The van der Waals surface area contributed by atoms with Gasteiger partial charge in [0.25, 0.3) is 0 Å². The van der Waals surface area contributed by atoms with E-state index in [-0.39, 0.29) is 17.8 Å². The molecule has 19 heavy (non-hydrogen) atoms. The lowest BCUT2D eigenvalue weighted by atomic mass is 10.1. The van der Waals surface area contributed by atoms with Crippen LogP contribution in [-0.4, -0.2) is 25.4 Å². The van der Waals surface area contributed by atoms with E-state index in [0.717, 1.165) is 6.07 Å². The third-order valence-electron chi connectivity index (χ3n) is 2.31. The van der Waals surface area contributed by atoms with E-state index in [1.807, 2.05) is 6.92 Å². The number of hydrogen-bond acceptors (Lipinski definition) is 3. The fourth-order valence-electron chi connectivity index (χ4n) is 1.52. The maximum atomic E-state index is 12.2. The minimum Gasteiger partial charge on any atom is -0.405 e. The number of Topliss-reactive ketones (excluding diaryl/α,β-unsaturated/α-hetero) is 1. The lowest BCUT2D eigenvalue weighted by molar-refractivity contribution is -0.274. The zero-order valence-corrected chi connectivity index (χ0v) is 10.5. The van der Waals surface area contributed by atoms with Gasteiger partial charge < -0.3 is 9.47 Å². The van der Waals surface area contributed by atoms with Crippen LogP contribution in [0.4, 0.5) is 13.2 Å². The van der Waals surface area contributed by atoms with Crippen LogP contribution in [0.25, 0.3) is 0 Å². The van der Waals surface area contributed by atoms with Crippen LogP contribution in [-0.2, 0) is 4.74 Å². The van der Waals surface area contributed by atoms with Crippen molar-refractivity contribution in [2.75, 3.05) is 13.2 Å². The van der Waals surface area contributed by atoms with Crippen LogP contribution >= 0.6 is 0 Å². The summed E-state index contributed by atoms with van der Waals surface area (Å²) in [5.41, 5.74) is -0.0590. The Kier molecular flexibility index (Phi) is 5.82. The molecule has 0 aliphatic heterocycles. The minimum atomic E-state index is -4.80. The Bertz CT molecular complexity index is 416. The number of ketones is 1. The smallest absolute Gasteiger partial charge is 0.405 e. The van der Waals surface area contributed by atoms with Gasteiger partial charge >= 0.3 is 6.36 Å². The molecular weight excluding hydrogens is 261 g/mol. The Morgan fingerprint density at radius 3 is 2.58 bits per heavy atom. The lowest BCUT2D eigenvalue weighted by Crippen LogP contribution is -2.19. The minimum absolute atomic E-state index is 0.0590. The van der Waals surface area contributed by atoms with Crippen LogP contribution in [0.5, 0.6) is 5.75 Å². The third kappa shape index (κ3) is 5.74. The number of benzene rings is 1. The second-order valence-corrected chi connectivity index (χ2v) is 3.77. The first-order valence-electron chi connectivity index (χ1n) is 5.89. The number of para-hydroxylation sites is 1. The summed E-state index contributed by atoms with van der Waals surface area (Å²) in [6, 6.07) is 5.34. The Hall–Kier alpha value is -1.56. The lowest BCUT2D eigenvalue weighted by Gasteiger charge is -2.12. The summed E-state index contributed by atoms with van der Waals surface area (Å²) in [5, 5.41) is 0. The molecule has 0 radical (unpaired) electrons. The van der Waals surface area contributed by atoms with E-state index in [1.165, 1.54) is 18.2 Å². The van der Waals surface area contributed by atoms with E-state index in [9.17, 15) is 18.0 Å². The largest absolute Gasteiger partial charge is 0.573 e. The molecule has 1 rings (SSSR count). The molecule has 0 heterocycles. The Morgan fingerprint density at radius 1 is 1.26 bits per heavy atom. The van der Waals surface area contributed by atoms with Gasteiger partial charge in [-0.3, -0.25) is 4.79 Å². The molecule has 0 aliphatic rings. The van der Waals surface area contributed by atoms with Crippen LogP contribution in [0.3, 0.4) is 0 Å². The third-order valence-corrected chi connectivity index (χ3v) is 2.31. The van der Waals surface area contributed by atoms with E-state index >= 15 is 0 Å². The molecule has 0 unspecified atom stereocenters. The highest BCUT2D eigenvalue weighted by Crippen LogP contribution is 2.27. The molecule has 3 nitrogen and oxygen atoms in total. The van der Waals surface area contributed by atoms with Gasteiger partial charge in [-0.25, -0.2) is 0 Å². The summed E-state index contributed by atoms with van der Waals surface area (Å²) in [6.07, 6.45) is -4.22. The van der Waals surface area contributed by atoms with Gasteiger partial charge in [-0.05, 0) is 25.5 Å². The van der Waals surface area contributed by atoms with Gasteiger partial charge in [0, 0.05) is 19.6 Å². The number of ether oxygens (including phenoxy) is 2. The molecule has 1 aromatic rings. The standard InChI is InChI=1S/C13H15F3O3/c1-2-18-9-5-7-11(17)10-6-3-4-8-12(10)19-13(14,15)16/h3-4,6,8H,2,5,7,9H2,1H3. The molecule has 0 spiro atoms. The quantitative estimate of drug-likeness (QED) is 0.564. The zero-order chi connectivity index (χ0) is 14.3. The molecule has 0 saturated carbocycles. The molecule has 6 heteroatoms. The van der Waals surface area contributed by atoms with E-state index < -0.39 is 12.1 Å². The van der Waals surface area contributed by atoms with Gasteiger partial charge in [0.2, 0.25) is 0 Å². The van der Waals surface area contributed by atoms with E-state index in [4.69, 9.17) is 4.74 Å². The monoisotopic (exact) mass is 276 g/mol. The van der Waals surface area contributed by atoms with Crippen molar-refractivity contribution >= 4 is 5.78 Å². The van der Waals surface area contributed by atoms with E-state index in [1.54, 1.807) is 0 Å². The highest BCUT2D eigenvalue weighted by atomic mass is 19.4. The van der Waals surface area contributed by atoms with Crippen LogP contribution in [0, 0.1) is 0 Å². The average molecular weight is 276 g/mol. The van der Waals surface area contributed by atoms with Crippen LogP contribution in [0.2, 0.25) is 0 Å². The van der Waals surface area contributed by atoms with Gasteiger partial charge in [-0.2, -0.15) is 0 Å². The molecule has 0 atom stereocenters. The Morgan fingerprint density at radius 2 is 1.95 bits per heavy atom. The maximum absolute atomic E-state index is 12.2. The van der Waals surface area contributed by atoms with Gasteiger partial charge in [-0.15, -0.1) is 13.2 Å². The molecular formula is C13H15F3O3. The summed E-state index contributed by atoms with van der Waals surface area (Å²) in [5.74, 6) is -0.851. The fourth-order valence-corrected chi connectivity index (χ4v) is 1.52. The second kappa shape index (κ2) is 7.13. The maximum Gasteiger partial charge on any atom is 0.573 e. The number of halogens is 3. The van der Waals surface area contributed by atoms with Crippen LogP contribution < -0.4 is 4.74 Å². The van der Waals surface area contributed by atoms with Crippen molar-refractivity contribution in [2.24, 2.45) is 0 Å². The predicted octanol–water partition coefficient (Wildman–Crippen LogP) is 3.58. The number of carbonyl (C=O) groups is 1. The first-order chi connectivity index (χ1) is 8.94. The zero-order valence-electron chi connectivity index (χ0n) is 10.5. The summed E-state index contributed by atoms with van der Waals surface area (Å²) in [4.78, 5) is 11.8. The highest BCUT2D eigenvalue weighted by Gasteiger charge is 2.32. The van der Waals surface area contributed by atoms with Crippen LogP contribution in [0.15, 0.2) is 24.3 Å². The molecule has 0 amide bonds. The van der Waals surface area contributed by atoms with Crippen molar-refractivity contribution < 1.29 is 27.4 Å². The number of alkyl halides is 3.